The lowest BCUT2D eigenvalue weighted by molar-refractivity contribution is -0.120. The molecule has 3 N–H and O–H groups in total. The zero-order chi connectivity index (χ0) is 17.5. The predicted octanol–water partition coefficient (Wildman–Crippen LogP) is 2.06. The van der Waals surface area contributed by atoms with Crippen molar-refractivity contribution in [2.24, 2.45) is 0 Å². The van der Waals surface area contributed by atoms with E-state index in [9.17, 15) is 4.79 Å². The molecule has 1 heterocycles. The van der Waals surface area contributed by atoms with Gasteiger partial charge in [-0.05, 0) is 44.5 Å². The molecule has 0 bridgehead atoms. The molecule has 2 aromatic rings. The number of carbonyl (C=O) groups is 1. The van der Waals surface area contributed by atoms with Crippen LogP contribution < -0.4 is 15.9 Å². The summed E-state index contributed by atoms with van der Waals surface area (Å²) in [5.74, 6) is 7.39. The molecule has 7 nitrogen and oxygen atoms in total. The average molecular weight is 349 g/mol. The smallest absolute Gasteiger partial charge is 0.233 e. The second-order valence-corrected chi connectivity index (χ2v) is 6.49. The maximum absolute atomic E-state index is 11.9. The number of thioether (sulfide) groups is 1. The van der Waals surface area contributed by atoms with Gasteiger partial charge >= 0.3 is 0 Å². The first-order valence-corrected chi connectivity index (χ1v) is 8.82. The van der Waals surface area contributed by atoms with Crippen LogP contribution in [0.3, 0.4) is 0 Å². The molecule has 1 aromatic carbocycles. The highest BCUT2D eigenvalue weighted by Gasteiger charge is 2.19. The lowest BCUT2D eigenvalue weighted by Crippen LogP contribution is -2.31. The zero-order valence-electron chi connectivity index (χ0n) is 14.2. The van der Waals surface area contributed by atoms with E-state index in [0.29, 0.717) is 24.1 Å². The van der Waals surface area contributed by atoms with Crippen LogP contribution in [0.15, 0.2) is 29.4 Å². The van der Waals surface area contributed by atoms with Crippen LogP contribution in [0.1, 0.15) is 27.2 Å². The highest BCUT2D eigenvalue weighted by molar-refractivity contribution is 8.00. The number of aromatic nitrogens is 3. The maximum Gasteiger partial charge on any atom is 0.233 e. The summed E-state index contributed by atoms with van der Waals surface area (Å²) < 4.78 is 6.83. The van der Waals surface area contributed by atoms with Gasteiger partial charge in [0, 0.05) is 12.1 Å². The Morgan fingerprint density at radius 3 is 2.67 bits per heavy atom. The maximum atomic E-state index is 11.9. The zero-order valence-corrected chi connectivity index (χ0v) is 15.0. The van der Waals surface area contributed by atoms with Gasteiger partial charge in [0.15, 0.2) is 5.82 Å². The molecule has 1 aromatic heterocycles. The van der Waals surface area contributed by atoms with Gasteiger partial charge in [0.05, 0.1) is 11.9 Å². The van der Waals surface area contributed by atoms with E-state index in [1.807, 2.05) is 45.0 Å². The molecule has 130 valence electrons. The first kappa shape index (κ1) is 18.1. The molecular formula is C16H23N5O2S. The van der Waals surface area contributed by atoms with Crippen LogP contribution in [-0.4, -0.2) is 39.2 Å². The molecular weight excluding hydrogens is 326 g/mol. The SMILES string of the molecule is CCCNC(=O)C(C)Sc1nnc(-c2ccc(OCC)cc2)n1N. The topological polar surface area (TPSA) is 95.1 Å². The third-order valence-electron chi connectivity index (χ3n) is 3.29. The molecule has 8 heteroatoms. The molecule has 0 spiro atoms. The fraction of sp³-hybridized carbons (Fsp3) is 0.438. The molecule has 1 amide bonds. The highest BCUT2D eigenvalue weighted by atomic mass is 32.2. The Balaban J connectivity index is 2.09. The van der Waals surface area contributed by atoms with Gasteiger partial charge in [-0.15, -0.1) is 10.2 Å². The molecule has 24 heavy (non-hydrogen) atoms. The molecule has 0 aliphatic rings. The summed E-state index contributed by atoms with van der Waals surface area (Å²) in [4.78, 5) is 11.9. The minimum Gasteiger partial charge on any atom is -0.494 e. The van der Waals surface area contributed by atoms with Gasteiger partial charge < -0.3 is 15.9 Å². The van der Waals surface area contributed by atoms with Crippen molar-refractivity contribution in [3.63, 3.8) is 0 Å². The Hall–Kier alpha value is -2.22. The van der Waals surface area contributed by atoms with Crippen LogP contribution in [0.5, 0.6) is 5.75 Å². The fourth-order valence-electron chi connectivity index (χ4n) is 2.02. The van der Waals surface area contributed by atoms with E-state index in [0.717, 1.165) is 17.7 Å². The number of nitrogens with zero attached hydrogens (tertiary/aromatic N) is 3. The van der Waals surface area contributed by atoms with Crippen LogP contribution in [0, 0.1) is 0 Å². The van der Waals surface area contributed by atoms with Crippen molar-refractivity contribution in [1.82, 2.24) is 20.2 Å². The normalized spacial score (nSPS) is 12.0. The van der Waals surface area contributed by atoms with Crippen molar-refractivity contribution >= 4 is 17.7 Å². The minimum absolute atomic E-state index is 0.0348. The van der Waals surface area contributed by atoms with Crippen molar-refractivity contribution in [3.8, 4) is 17.1 Å². The van der Waals surface area contributed by atoms with Crippen LogP contribution in [0.4, 0.5) is 0 Å². The fourth-order valence-corrected chi connectivity index (χ4v) is 2.82. The van der Waals surface area contributed by atoms with E-state index in [-0.39, 0.29) is 11.2 Å². The number of ether oxygens (including phenoxy) is 1. The number of rotatable bonds is 8. The number of benzene rings is 1. The quantitative estimate of drug-likeness (QED) is 0.559. The van der Waals surface area contributed by atoms with Gasteiger partial charge in [0.2, 0.25) is 11.1 Å². The monoisotopic (exact) mass is 349 g/mol. The van der Waals surface area contributed by atoms with Crippen LogP contribution in [-0.2, 0) is 4.79 Å². The number of carbonyl (C=O) groups excluding carboxylic acids is 1. The molecule has 0 aliphatic heterocycles. The second-order valence-electron chi connectivity index (χ2n) is 5.18. The number of amides is 1. The summed E-state index contributed by atoms with van der Waals surface area (Å²) in [6.07, 6.45) is 0.901. The van der Waals surface area contributed by atoms with Crippen molar-refractivity contribution < 1.29 is 9.53 Å². The molecule has 0 fully saturated rings. The third-order valence-corrected chi connectivity index (χ3v) is 4.35. The van der Waals surface area contributed by atoms with E-state index in [2.05, 4.69) is 15.5 Å². The Morgan fingerprint density at radius 1 is 1.33 bits per heavy atom. The number of hydrogen-bond acceptors (Lipinski definition) is 6. The Labute approximate surface area is 145 Å². The minimum atomic E-state index is -0.295. The second kappa shape index (κ2) is 8.58. The molecule has 0 saturated carbocycles. The summed E-state index contributed by atoms with van der Waals surface area (Å²) >= 11 is 1.28. The van der Waals surface area contributed by atoms with Crippen molar-refractivity contribution in [1.29, 1.82) is 0 Å². The third kappa shape index (κ3) is 4.41. The Kier molecular flexibility index (Phi) is 6.48. The van der Waals surface area contributed by atoms with Gasteiger partial charge in [-0.2, -0.15) is 0 Å². The summed E-state index contributed by atoms with van der Waals surface area (Å²) in [7, 11) is 0. The van der Waals surface area contributed by atoms with Gasteiger partial charge in [-0.3, -0.25) is 4.79 Å². The highest BCUT2D eigenvalue weighted by Crippen LogP contribution is 2.25. The molecule has 0 saturated heterocycles. The van der Waals surface area contributed by atoms with E-state index in [4.69, 9.17) is 10.6 Å². The summed E-state index contributed by atoms with van der Waals surface area (Å²) in [6, 6.07) is 7.48. The molecule has 1 atom stereocenters. The first-order chi connectivity index (χ1) is 11.6. The van der Waals surface area contributed by atoms with Crippen LogP contribution >= 0.6 is 11.8 Å². The van der Waals surface area contributed by atoms with Crippen LogP contribution in [0.25, 0.3) is 11.4 Å². The summed E-state index contributed by atoms with van der Waals surface area (Å²) in [5, 5.41) is 11.3. The van der Waals surface area contributed by atoms with E-state index < -0.39 is 0 Å². The lowest BCUT2D eigenvalue weighted by Gasteiger charge is -2.11. The Bertz CT molecular complexity index is 672. The van der Waals surface area contributed by atoms with Crippen molar-refractivity contribution in [2.75, 3.05) is 19.0 Å². The summed E-state index contributed by atoms with van der Waals surface area (Å²) in [6.45, 7) is 7.05. The standard InChI is InChI=1S/C16H23N5O2S/c1-4-10-18-15(22)11(3)24-16-20-19-14(21(16)17)12-6-8-13(9-7-12)23-5-2/h6-9,11H,4-5,10,17H2,1-3H3,(H,18,22). The molecule has 2 rings (SSSR count). The van der Waals surface area contributed by atoms with E-state index in [1.165, 1.54) is 16.4 Å². The van der Waals surface area contributed by atoms with Gasteiger partial charge in [0.25, 0.3) is 0 Å². The number of hydrogen-bond donors (Lipinski definition) is 2. The van der Waals surface area contributed by atoms with Gasteiger partial charge in [-0.1, -0.05) is 18.7 Å². The first-order valence-electron chi connectivity index (χ1n) is 7.94. The van der Waals surface area contributed by atoms with Crippen molar-refractivity contribution in [2.45, 2.75) is 37.6 Å². The Morgan fingerprint density at radius 2 is 2.04 bits per heavy atom. The summed E-state index contributed by atoms with van der Waals surface area (Å²) in [5.41, 5.74) is 0.836. The number of nitrogens with two attached hydrogens (primary N) is 1. The van der Waals surface area contributed by atoms with Crippen LogP contribution in [0.2, 0.25) is 0 Å². The molecule has 0 aliphatic carbocycles. The lowest BCUT2D eigenvalue weighted by atomic mass is 10.2. The predicted molar refractivity (Wildman–Crippen MR) is 95.4 cm³/mol. The molecule has 0 radical (unpaired) electrons. The van der Waals surface area contributed by atoms with E-state index >= 15 is 0 Å². The van der Waals surface area contributed by atoms with E-state index in [1.54, 1.807) is 0 Å². The average Bonchev–Trinajstić information content (AvgIpc) is 2.94. The number of nitrogens with one attached hydrogen (secondary N) is 1. The largest absolute Gasteiger partial charge is 0.494 e. The number of nitrogen functional groups attached to an aromatic ring is 1. The van der Waals surface area contributed by atoms with Gasteiger partial charge in [0.1, 0.15) is 5.75 Å². The molecule has 1 unspecified atom stereocenters. The van der Waals surface area contributed by atoms with Gasteiger partial charge in [-0.25, -0.2) is 4.68 Å². The van der Waals surface area contributed by atoms with Crippen molar-refractivity contribution in [3.05, 3.63) is 24.3 Å².